The Morgan fingerprint density at radius 1 is 1.47 bits per heavy atom. The predicted octanol–water partition coefficient (Wildman–Crippen LogP) is -4.06. The van der Waals surface area contributed by atoms with Crippen LogP contribution in [0.15, 0.2) is 0 Å². The van der Waals surface area contributed by atoms with E-state index in [2.05, 4.69) is 16.0 Å². The SMILES string of the molecule is NC1NC(=O)C2NCN(C3CC(N)C(CO)O3)C2N1. The zero-order valence-electron chi connectivity index (χ0n) is 10.5. The van der Waals surface area contributed by atoms with E-state index in [0.717, 1.165) is 0 Å². The highest BCUT2D eigenvalue weighted by Crippen LogP contribution is 2.26. The van der Waals surface area contributed by atoms with Gasteiger partial charge in [0.1, 0.15) is 18.6 Å². The Bertz CT molecular complexity index is 369. The number of nitrogens with one attached hydrogen (secondary N) is 3. The van der Waals surface area contributed by atoms with Crippen molar-refractivity contribution >= 4 is 5.91 Å². The molecule has 0 bridgehead atoms. The Balaban J connectivity index is 1.71. The van der Waals surface area contributed by atoms with Gasteiger partial charge >= 0.3 is 0 Å². The number of amides is 1. The van der Waals surface area contributed by atoms with Crippen LogP contribution in [0.3, 0.4) is 0 Å². The third kappa shape index (κ3) is 2.23. The number of carbonyl (C=O) groups excluding carboxylic acids is 1. The Morgan fingerprint density at radius 3 is 2.95 bits per heavy atom. The third-order valence-electron chi connectivity index (χ3n) is 3.93. The molecule has 3 fully saturated rings. The van der Waals surface area contributed by atoms with Crippen molar-refractivity contribution in [1.29, 1.82) is 0 Å². The Hall–Kier alpha value is -0.810. The molecule has 0 aromatic heterocycles. The van der Waals surface area contributed by atoms with Gasteiger partial charge in [-0.05, 0) is 0 Å². The van der Waals surface area contributed by atoms with Gasteiger partial charge in [0.2, 0.25) is 5.91 Å². The van der Waals surface area contributed by atoms with Crippen LogP contribution in [-0.2, 0) is 9.53 Å². The van der Waals surface area contributed by atoms with Gasteiger partial charge in [-0.2, -0.15) is 0 Å². The summed E-state index contributed by atoms with van der Waals surface area (Å²) in [6.45, 7) is 0.415. The van der Waals surface area contributed by atoms with Gasteiger partial charge in [0, 0.05) is 12.5 Å². The van der Waals surface area contributed by atoms with Crippen molar-refractivity contribution in [2.45, 2.75) is 43.3 Å². The molecule has 6 unspecified atom stereocenters. The maximum Gasteiger partial charge on any atom is 0.242 e. The van der Waals surface area contributed by atoms with E-state index in [1.807, 2.05) is 4.90 Å². The van der Waals surface area contributed by atoms with E-state index >= 15 is 0 Å². The summed E-state index contributed by atoms with van der Waals surface area (Å²) in [5.41, 5.74) is 11.6. The van der Waals surface area contributed by atoms with Gasteiger partial charge in [0.05, 0.1) is 25.5 Å². The molecule has 3 saturated heterocycles. The molecule has 0 radical (unpaired) electrons. The van der Waals surface area contributed by atoms with Gasteiger partial charge in [-0.3, -0.25) is 21.2 Å². The highest BCUT2D eigenvalue weighted by molar-refractivity contribution is 5.83. The van der Waals surface area contributed by atoms with Crippen molar-refractivity contribution in [2.24, 2.45) is 11.5 Å². The molecule has 0 aromatic carbocycles. The fraction of sp³-hybridized carbons (Fsp3) is 0.900. The van der Waals surface area contributed by atoms with Gasteiger partial charge < -0.3 is 20.9 Å². The first-order chi connectivity index (χ1) is 9.10. The summed E-state index contributed by atoms with van der Waals surface area (Å²) in [4.78, 5) is 13.8. The topological polar surface area (TPSA) is 138 Å². The van der Waals surface area contributed by atoms with Crippen LogP contribution in [0.1, 0.15) is 6.42 Å². The van der Waals surface area contributed by atoms with Crippen LogP contribution in [0.2, 0.25) is 0 Å². The molecule has 9 heteroatoms. The van der Waals surface area contributed by atoms with Crippen molar-refractivity contribution in [3.63, 3.8) is 0 Å². The number of hydrogen-bond donors (Lipinski definition) is 6. The van der Waals surface area contributed by atoms with Crippen LogP contribution in [0.4, 0.5) is 0 Å². The molecule has 9 nitrogen and oxygen atoms in total. The van der Waals surface area contributed by atoms with E-state index in [-0.39, 0.29) is 43.1 Å². The quantitative estimate of drug-likeness (QED) is 0.299. The Morgan fingerprint density at radius 2 is 2.26 bits per heavy atom. The van der Waals surface area contributed by atoms with E-state index < -0.39 is 6.29 Å². The van der Waals surface area contributed by atoms with E-state index in [0.29, 0.717) is 13.1 Å². The second-order valence-electron chi connectivity index (χ2n) is 5.16. The molecule has 0 spiro atoms. The van der Waals surface area contributed by atoms with Crippen molar-refractivity contribution in [1.82, 2.24) is 20.9 Å². The fourth-order valence-electron chi connectivity index (χ4n) is 2.92. The number of rotatable bonds is 2. The fourth-order valence-corrected chi connectivity index (χ4v) is 2.92. The minimum atomic E-state index is -0.570. The lowest BCUT2D eigenvalue weighted by molar-refractivity contribution is -0.129. The number of aliphatic hydroxyl groups is 1. The van der Waals surface area contributed by atoms with Crippen LogP contribution in [0.5, 0.6) is 0 Å². The third-order valence-corrected chi connectivity index (χ3v) is 3.93. The molecule has 6 atom stereocenters. The molecule has 108 valence electrons. The Labute approximate surface area is 110 Å². The highest BCUT2D eigenvalue weighted by atomic mass is 16.5. The largest absolute Gasteiger partial charge is 0.394 e. The summed E-state index contributed by atoms with van der Waals surface area (Å²) in [6.07, 6.45) is -0.747. The minimum absolute atomic E-state index is 0.0968. The van der Waals surface area contributed by atoms with Crippen molar-refractivity contribution in [3.05, 3.63) is 0 Å². The number of fused-ring (bicyclic) bond motifs is 1. The Kier molecular flexibility index (Phi) is 3.43. The summed E-state index contributed by atoms with van der Waals surface area (Å²) in [6, 6.07) is -0.548. The molecule has 3 aliphatic heterocycles. The molecule has 0 aliphatic carbocycles. The number of hydrogen-bond acceptors (Lipinski definition) is 8. The maximum atomic E-state index is 11.8. The van der Waals surface area contributed by atoms with E-state index in [9.17, 15) is 9.90 Å². The van der Waals surface area contributed by atoms with Crippen molar-refractivity contribution in [3.8, 4) is 0 Å². The van der Waals surface area contributed by atoms with Gasteiger partial charge in [0.15, 0.2) is 0 Å². The zero-order valence-corrected chi connectivity index (χ0v) is 10.5. The predicted molar refractivity (Wildman–Crippen MR) is 65.0 cm³/mol. The lowest BCUT2D eigenvalue weighted by Crippen LogP contribution is -2.70. The average Bonchev–Trinajstić information content (AvgIpc) is 2.92. The standard InChI is InChI=1S/C10H20N6O3/c11-4-1-6(19-5(4)2-17)16-3-13-7-8(16)14-10(12)15-9(7)18/h4-8,10,13-14,17H,1-3,11-12H2,(H,15,18). The number of aliphatic hydroxyl groups excluding tert-OH is 1. The van der Waals surface area contributed by atoms with Crippen molar-refractivity contribution in [2.75, 3.05) is 13.3 Å². The first-order valence-corrected chi connectivity index (χ1v) is 6.43. The molecule has 0 aromatic rings. The van der Waals surface area contributed by atoms with Crippen LogP contribution in [-0.4, -0.2) is 66.1 Å². The van der Waals surface area contributed by atoms with Crippen molar-refractivity contribution < 1.29 is 14.6 Å². The molecule has 0 saturated carbocycles. The second-order valence-corrected chi connectivity index (χ2v) is 5.16. The summed E-state index contributed by atoms with van der Waals surface area (Å²) in [7, 11) is 0. The monoisotopic (exact) mass is 272 g/mol. The first kappa shape index (κ1) is 13.2. The number of nitrogens with two attached hydrogens (primary N) is 2. The summed E-state index contributed by atoms with van der Waals surface area (Å²) < 4.78 is 5.72. The van der Waals surface area contributed by atoms with E-state index in [4.69, 9.17) is 16.2 Å². The first-order valence-electron chi connectivity index (χ1n) is 6.43. The molecule has 3 rings (SSSR count). The van der Waals surface area contributed by atoms with Crippen LogP contribution < -0.4 is 27.4 Å². The maximum absolute atomic E-state index is 11.8. The molecular formula is C10H20N6O3. The van der Waals surface area contributed by atoms with Gasteiger partial charge in [-0.1, -0.05) is 0 Å². The van der Waals surface area contributed by atoms with Gasteiger partial charge in [-0.15, -0.1) is 0 Å². The van der Waals surface area contributed by atoms with Crippen LogP contribution >= 0.6 is 0 Å². The van der Waals surface area contributed by atoms with Crippen LogP contribution in [0, 0.1) is 0 Å². The summed E-state index contributed by atoms with van der Waals surface area (Å²) >= 11 is 0. The smallest absolute Gasteiger partial charge is 0.242 e. The summed E-state index contributed by atoms with van der Waals surface area (Å²) in [5.74, 6) is -0.125. The normalized spacial score (nSPS) is 47.2. The molecule has 3 heterocycles. The molecule has 19 heavy (non-hydrogen) atoms. The minimum Gasteiger partial charge on any atom is -0.394 e. The second kappa shape index (κ2) is 4.94. The lowest BCUT2D eigenvalue weighted by Gasteiger charge is -2.37. The van der Waals surface area contributed by atoms with Gasteiger partial charge in [0.25, 0.3) is 0 Å². The highest BCUT2D eigenvalue weighted by Gasteiger charge is 2.48. The number of ether oxygens (including phenoxy) is 1. The number of nitrogens with zero attached hydrogens (tertiary/aromatic N) is 1. The lowest BCUT2D eigenvalue weighted by atomic mass is 10.1. The molecule has 1 amide bonds. The average molecular weight is 272 g/mol. The van der Waals surface area contributed by atoms with E-state index in [1.165, 1.54) is 0 Å². The molecular weight excluding hydrogens is 252 g/mol. The molecule has 8 N–H and O–H groups in total. The summed E-state index contributed by atoms with van der Waals surface area (Å²) in [5, 5.41) is 18.0. The van der Waals surface area contributed by atoms with Crippen LogP contribution in [0.25, 0.3) is 0 Å². The van der Waals surface area contributed by atoms with Gasteiger partial charge in [-0.25, -0.2) is 4.90 Å². The number of carbonyl (C=O) groups is 1. The van der Waals surface area contributed by atoms with E-state index in [1.54, 1.807) is 0 Å². The zero-order chi connectivity index (χ0) is 13.6. The molecule has 3 aliphatic rings.